The summed E-state index contributed by atoms with van der Waals surface area (Å²) in [5.41, 5.74) is 0.790. The van der Waals surface area contributed by atoms with Crippen LogP contribution in [0.4, 0.5) is 10.1 Å². The fourth-order valence-corrected chi connectivity index (χ4v) is 2.41. The number of halogens is 2. The molecule has 0 bridgehead atoms. The Bertz CT molecular complexity index is 469. The van der Waals surface area contributed by atoms with Crippen LogP contribution in [0.25, 0.3) is 0 Å². The summed E-state index contributed by atoms with van der Waals surface area (Å²) in [4.78, 5) is 4.71. The molecule has 0 aliphatic heterocycles. The van der Waals surface area contributed by atoms with E-state index >= 15 is 0 Å². The van der Waals surface area contributed by atoms with Crippen molar-refractivity contribution in [2.45, 2.75) is 13.0 Å². The molecule has 5 heteroatoms. The number of nitrogens with zero attached hydrogens (tertiary/aromatic N) is 1. The first-order chi connectivity index (χ1) is 7.65. The number of pyridine rings is 1. The van der Waals surface area contributed by atoms with Crippen molar-refractivity contribution in [3.8, 4) is 0 Å². The van der Waals surface area contributed by atoms with E-state index in [4.69, 9.17) is 11.6 Å². The first kappa shape index (κ1) is 11.4. The van der Waals surface area contributed by atoms with Gasteiger partial charge in [-0.05, 0) is 31.2 Å². The minimum absolute atomic E-state index is 0.129. The lowest BCUT2D eigenvalue weighted by Gasteiger charge is -2.12. The summed E-state index contributed by atoms with van der Waals surface area (Å²) in [5.74, 6) is -0.475. The van der Waals surface area contributed by atoms with Crippen molar-refractivity contribution < 1.29 is 4.39 Å². The summed E-state index contributed by atoms with van der Waals surface area (Å²) < 4.78 is 13.4. The van der Waals surface area contributed by atoms with Gasteiger partial charge in [0.2, 0.25) is 5.95 Å². The molecule has 0 aliphatic rings. The van der Waals surface area contributed by atoms with Crippen molar-refractivity contribution in [3.63, 3.8) is 0 Å². The Balaban J connectivity index is 2.07. The molecule has 2 aromatic rings. The first-order valence-corrected chi connectivity index (χ1v) is 5.98. The van der Waals surface area contributed by atoms with Crippen LogP contribution in [0.2, 0.25) is 4.34 Å². The van der Waals surface area contributed by atoms with Gasteiger partial charge in [-0.3, -0.25) is 0 Å². The molecule has 16 heavy (non-hydrogen) atoms. The summed E-state index contributed by atoms with van der Waals surface area (Å²) in [7, 11) is 0. The Morgan fingerprint density at radius 2 is 2.19 bits per heavy atom. The highest BCUT2D eigenvalue weighted by molar-refractivity contribution is 7.16. The van der Waals surface area contributed by atoms with Gasteiger partial charge in [-0.1, -0.05) is 11.6 Å². The van der Waals surface area contributed by atoms with E-state index in [1.165, 1.54) is 23.6 Å². The van der Waals surface area contributed by atoms with Crippen molar-refractivity contribution in [2.75, 3.05) is 5.32 Å². The van der Waals surface area contributed by atoms with E-state index in [9.17, 15) is 4.39 Å². The van der Waals surface area contributed by atoms with Crippen molar-refractivity contribution in [1.29, 1.82) is 0 Å². The Labute approximate surface area is 102 Å². The average Bonchev–Trinajstić information content (AvgIpc) is 2.68. The number of rotatable bonds is 3. The first-order valence-electron chi connectivity index (χ1n) is 4.78. The summed E-state index contributed by atoms with van der Waals surface area (Å²) in [6.45, 7) is 2.02. The van der Waals surface area contributed by atoms with Crippen LogP contribution in [-0.4, -0.2) is 4.98 Å². The highest BCUT2D eigenvalue weighted by Gasteiger charge is 2.08. The molecular weight excluding hydrogens is 247 g/mol. The van der Waals surface area contributed by atoms with Gasteiger partial charge in [-0.15, -0.1) is 11.3 Å². The van der Waals surface area contributed by atoms with Gasteiger partial charge in [0, 0.05) is 4.88 Å². The molecule has 0 amide bonds. The van der Waals surface area contributed by atoms with Gasteiger partial charge in [-0.2, -0.15) is 4.39 Å². The molecule has 0 fully saturated rings. The van der Waals surface area contributed by atoms with Crippen LogP contribution in [0.1, 0.15) is 17.8 Å². The predicted molar refractivity (Wildman–Crippen MR) is 65.6 cm³/mol. The number of aromatic nitrogens is 1. The molecule has 0 aliphatic carbocycles. The third-order valence-corrected chi connectivity index (χ3v) is 3.55. The van der Waals surface area contributed by atoms with Crippen LogP contribution >= 0.6 is 22.9 Å². The summed E-state index contributed by atoms with van der Waals surface area (Å²) >= 11 is 7.38. The molecule has 0 saturated heterocycles. The maximum atomic E-state index is 12.6. The monoisotopic (exact) mass is 256 g/mol. The summed E-state index contributed by atoms with van der Waals surface area (Å²) in [6.07, 6.45) is 1.47. The smallest absolute Gasteiger partial charge is 0.212 e. The maximum Gasteiger partial charge on any atom is 0.212 e. The lowest BCUT2D eigenvalue weighted by atomic mass is 10.2. The molecule has 84 valence electrons. The highest BCUT2D eigenvalue weighted by atomic mass is 35.5. The molecule has 2 nitrogen and oxygen atoms in total. The normalized spacial score (nSPS) is 12.4. The van der Waals surface area contributed by atoms with Crippen LogP contribution in [0.15, 0.2) is 30.5 Å². The molecule has 1 atom stereocenters. The number of thiophene rings is 1. The third-order valence-electron chi connectivity index (χ3n) is 2.13. The Kier molecular flexibility index (Phi) is 3.41. The Morgan fingerprint density at radius 3 is 2.75 bits per heavy atom. The van der Waals surface area contributed by atoms with Crippen molar-refractivity contribution in [2.24, 2.45) is 0 Å². The van der Waals surface area contributed by atoms with Gasteiger partial charge in [0.1, 0.15) is 0 Å². The van der Waals surface area contributed by atoms with Gasteiger partial charge in [0.25, 0.3) is 0 Å². The van der Waals surface area contributed by atoms with Crippen LogP contribution in [-0.2, 0) is 0 Å². The van der Waals surface area contributed by atoms with Gasteiger partial charge in [-0.25, -0.2) is 4.98 Å². The second kappa shape index (κ2) is 4.80. The SMILES string of the molecule is CC(Nc1ccc(F)nc1)c1ccc(Cl)s1. The van der Waals surface area contributed by atoms with Crippen molar-refractivity contribution >= 4 is 28.6 Å². The fraction of sp³-hybridized carbons (Fsp3) is 0.182. The van der Waals surface area contributed by atoms with E-state index in [0.717, 1.165) is 14.9 Å². The van der Waals surface area contributed by atoms with Crippen molar-refractivity contribution in [1.82, 2.24) is 4.98 Å². The summed E-state index contributed by atoms with van der Waals surface area (Å²) in [6, 6.07) is 6.96. The number of nitrogens with one attached hydrogen (secondary N) is 1. The number of hydrogen-bond acceptors (Lipinski definition) is 3. The van der Waals surface area contributed by atoms with E-state index < -0.39 is 5.95 Å². The number of hydrogen-bond donors (Lipinski definition) is 1. The zero-order valence-corrected chi connectivity index (χ0v) is 10.1. The fourth-order valence-electron chi connectivity index (χ4n) is 1.34. The third kappa shape index (κ3) is 2.71. The molecule has 2 rings (SSSR count). The lowest BCUT2D eigenvalue weighted by molar-refractivity contribution is 0.584. The Morgan fingerprint density at radius 1 is 1.38 bits per heavy atom. The van der Waals surface area contributed by atoms with Crippen LogP contribution in [0.5, 0.6) is 0 Å². The quantitative estimate of drug-likeness (QED) is 0.836. The zero-order chi connectivity index (χ0) is 11.5. The summed E-state index contributed by atoms with van der Waals surface area (Å²) in [5, 5.41) is 3.22. The van der Waals surface area contributed by atoms with E-state index in [0.29, 0.717) is 0 Å². The molecule has 0 saturated carbocycles. The highest BCUT2D eigenvalue weighted by Crippen LogP contribution is 2.28. The molecule has 0 radical (unpaired) electrons. The standard InChI is InChI=1S/C11H10ClFN2S/c1-7(9-3-4-10(12)16-9)15-8-2-5-11(13)14-6-8/h2-7,15H,1H3. The van der Waals surface area contributed by atoms with E-state index in [1.807, 2.05) is 19.1 Å². The van der Waals surface area contributed by atoms with Crippen LogP contribution in [0, 0.1) is 5.95 Å². The minimum Gasteiger partial charge on any atom is -0.376 e. The minimum atomic E-state index is -0.475. The molecule has 1 unspecified atom stereocenters. The molecule has 2 aromatic heterocycles. The van der Waals surface area contributed by atoms with E-state index in [1.54, 1.807) is 6.07 Å². The average molecular weight is 257 g/mol. The van der Waals surface area contributed by atoms with Gasteiger partial charge in [0.05, 0.1) is 22.3 Å². The van der Waals surface area contributed by atoms with E-state index in [-0.39, 0.29) is 6.04 Å². The zero-order valence-electron chi connectivity index (χ0n) is 8.58. The van der Waals surface area contributed by atoms with Crippen LogP contribution in [0.3, 0.4) is 0 Å². The molecule has 1 N–H and O–H groups in total. The lowest BCUT2D eigenvalue weighted by Crippen LogP contribution is -2.05. The van der Waals surface area contributed by atoms with Crippen LogP contribution < -0.4 is 5.32 Å². The number of anilines is 1. The van der Waals surface area contributed by atoms with Gasteiger partial charge >= 0.3 is 0 Å². The molecule has 0 spiro atoms. The molecule has 0 aromatic carbocycles. The second-order valence-corrected chi connectivity index (χ2v) is 5.12. The second-order valence-electron chi connectivity index (χ2n) is 3.38. The maximum absolute atomic E-state index is 12.6. The molecular formula is C11H10ClFN2S. The Hall–Kier alpha value is -1.13. The predicted octanol–water partition coefficient (Wildman–Crippen LogP) is 4.11. The molecule has 2 heterocycles. The largest absolute Gasteiger partial charge is 0.376 e. The van der Waals surface area contributed by atoms with Gasteiger partial charge in [0.15, 0.2) is 0 Å². The van der Waals surface area contributed by atoms with Gasteiger partial charge < -0.3 is 5.32 Å². The van der Waals surface area contributed by atoms with E-state index in [2.05, 4.69) is 10.3 Å². The van der Waals surface area contributed by atoms with Crippen molar-refractivity contribution in [3.05, 3.63) is 45.6 Å². The topological polar surface area (TPSA) is 24.9 Å².